The number of carboxylic acids is 1. The molecule has 1 aromatic rings. The van der Waals surface area contributed by atoms with Gasteiger partial charge >= 0.3 is 5.97 Å². The average Bonchev–Trinajstić information content (AvgIpc) is 2.36. The Balaban J connectivity index is 2.54. The molecule has 6 nitrogen and oxygen atoms in total. The summed E-state index contributed by atoms with van der Waals surface area (Å²) in [5, 5.41) is 9.19. The molecule has 0 spiro atoms. The van der Waals surface area contributed by atoms with E-state index in [1.807, 2.05) is 0 Å². The van der Waals surface area contributed by atoms with E-state index in [1.165, 1.54) is 19.2 Å². The third-order valence-electron chi connectivity index (χ3n) is 2.90. The number of benzene rings is 1. The number of fused-ring (bicyclic) bond motifs is 1. The first-order chi connectivity index (χ1) is 8.85. The molecular weight excluding hydrogens is 294 g/mol. The predicted octanol–water partition coefficient (Wildman–Crippen LogP) is 0.884. The Morgan fingerprint density at radius 2 is 2.21 bits per heavy atom. The number of carbonyl (C=O) groups is 1. The Morgan fingerprint density at radius 1 is 1.53 bits per heavy atom. The van der Waals surface area contributed by atoms with Gasteiger partial charge in [-0.1, -0.05) is 11.6 Å². The highest BCUT2D eigenvalue weighted by atomic mass is 35.5. The SMILES string of the molecule is CNS(=O)(=O)c1cc(Cl)cc2c1OCC(C(=O)O)C2. The van der Waals surface area contributed by atoms with Crippen LogP contribution in [0.4, 0.5) is 0 Å². The standard InChI is InChI=1S/C11H12ClNO5S/c1-13-19(16,17)9-4-8(12)3-6-2-7(11(14)15)5-18-10(6)9/h3-4,7,13H,2,5H2,1H3,(H,14,15). The van der Waals surface area contributed by atoms with Gasteiger partial charge in [0.2, 0.25) is 10.0 Å². The maximum Gasteiger partial charge on any atom is 0.310 e. The van der Waals surface area contributed by atoms with Crippen molar-refractivity contribution in [2.45, 2.75) is 11.3 Å². The normalized spacial score (nSPS) is 18.5. The van der Waals surface area contributed by atoms with Gasteiger partial charge in [-0.25, -0.2) is 13.1 Å². The van der Waals surface area contributed by atoms with Crippen LogP contribution >= 0.6 is 11.6 Å². The molecule has 0 amide bonds. The van der Waals surface area contributed by atoms with Crippen molar-refractivity contribution in [1.29, 1.82) is 0 Å². The lowest BCUT2D eigenvalue weighted by Gasteiger charge is -2.24. The summed E-state index contributed by atoms with van der Waals surface area (Å²) in [6, 6.07) is 2.81. The van der Waals surface area contributed by atoms with E-state index in [9.17, 15) is 13.2 Å². The minimum absolute atomic E-state index is 0.0593. The summed E-state index contributed by atoms with van der Waals surface area (Å²) in [6.45, 7) is -0.0593. The maximum atomic E-state index is 11.9. The van der Waals surface area contributed by atoms with E-state index in [0.29, 0.717) is 5.56 Å². The summed E-state index contributed by atoms with van der Waals surface area (Å²) in [4.78, 5) is 10.9. The Morgan fingerprint density at radius 3 is 2.79 bits per heavy atom. The minimum Gasteiger partial charge on any atom is -0.491 e. The fraction of sp³-hybridized carbons (Fsp3) is 0.364. The van der Waals surface area contributed by atoms with Crippen molar-refractivity contribution in [2.75, 3.05) is 13.7 Å². The average molecular weight is 306 g/mol. The number of hydrogen-bond donors (Lipinski definition) is 2. The monoisotopic (exact) mass is 305 g/mol. The lowest BCUT2D eigenvalue weighted by molar-refractivity contribution is -0.143. The second-order valence-electron chi connectivity index (χ2n) is 4.15. The van der Waals surface area contributed by atoms with E-state index in [-0.39, 0.29) is 28.7 Å². The molecule has 1 unspecified atom stereocenters. The highest BCUT2D eigenvalue weighted by Gasteiger charge is 2.30. The molecule has 1 heterocycles. The minimum atomic E-state index is -3.71. The Kier molecular flexibility index (Phi) is 3.71. The van der Waals surface area contributed by atoms with E-state index in [1.54, 1.807) is 0 Å². The van der Waals surface area contributed by atoms with E-state index in [0.717, 1.165) is 0 Å². The number of ether oxygens (including phenoxy) is 1. The molecule has 0 bridgehead atoms. The molecule has 0 aromatic heterocycles. The van der Waals surface area contributed by atoms with Gasteiger partial charge in [-0.3, -0.25) is 4.79 Å². The van der Waals surface area contributed by atoms with Gasteiger partial charge in [0.05, 0.1) is 5.92 Å². The van der Waals surface area contributed by atoms with Crippen molar-refractivity contribution in [3.05, 3.63) is 22.7 Å². The molecule has 104 valence electrons. The molecule has 1 aromatic carbocycles. The van der Waals surface area contributed by atoms with Crippen LogP contribution in [-0.4, -0.2) is 33.1 Å². The first-order valence-electron chi connectivity index (χ1n) is 5.46. The molecule has 19 heavy (non-hydrogen) atoms. The Labute approximate surface area is 115 Å². The number of hydrogen-bond acceptors (Lipinski definition) is 4. The largest absolute Gasteiger partial charge is 0.491 e. The van der Waals surface area contributed by atoms with E-state index in [2.05, 4.69) is 4.72 Å². The van der Waals surface area contributed by atoms with Crippen LogP contribution in [0.2, 0.25) is 5.02 Å². The lowest BCUT2D eigenvalue weighted by Crippen LogP contribution is -2.29. The molecule has 0 radical (unpaired) electrons. The van der Waals surface area contributed by atoms with Crippen LogP contribution in [0.1, 0.15) is 5.56 Å². The number of rotatable bonds is 3. The van der Waals surface area contributed by atoms with Crippen molar-refractivity contribution in [2.24, 2.45) is 5.92 Å². The van der Waals surface area contributed by atoms with Crippen LogP contribution in [0, 0.1) is 5.92 Å². The van der Waals surface area contributed by atoms with E-state index < -0.39 is 21.9 Å². The summed E-state index contributed by atoms with van der Waals surface area (Å²) in [5.74, 6) is -1.50. The molecular formula is C11H12ClNO5S. The van der Waals surface area contributed by atoms with Crippen LogP contribution in [0.15, 0.2) is 17.0 Å². The van der Waals surface area contributed by atoms with Crippen molar-refractivity contribution in [3.63, 3.8) is 0 Å². The second-order valence-corrected chi connectivity index (χ2v) is 6.44. The lowest BCUT2D eigenvalue weighted by atomic mass is 9.97. The van der Waals surface area contributed by atoms with Crippen LogP contribution in [0.3, 0.4) is 0 Å². The zero-order chi connectivity index (χ0) is 14.2. The highest BCUT2D eigenvalue weighted by molar-refractivity contribution is 7.89. The van der Waals surface area contributed by atoms with Gasteiger partial charge in [0.25, 0.3) is 0 Å². The number of halogens is 1. The first-order valence-corrected chi connectivity index (χ1v) is 7.33. The molecule has 8 heteroatoms. The smallest absolute Gasteiger partial charge is 0.310 e. The van der Waals surface area contributed by atoms with Crippen LogP contribution in [0.5, 0.6) is 5.75 Å². The summed E-state index contributed by atoms with van der Waals surface area (Å²) >= 11 is 5.88. The zero-order valence-electron chi connectivity index (χ0n) is 10.0. The second kappa shape index (κ2) is 4.99. The van der Waals surface area contributed by atoms with Crippen molar-refractivity contribution < 1.29 is 23.1 Å². The van der Waals surface area contributed by atoms with Gasteiger partial charge in [0.1, 0.15) is 17.3 Å². The maximum absolute atomic E-state index is 11.9. The topological polar surface area (TPSA) is 92.7 Å². The van der Waals surface area contributed by atoms with Crippen molar-refractivity contribution in [1.82, 2.24) is 4.72 Å². The molecule has 2 rings (SSSR count). The highest BCUT2D eigenvalue weighted by Crippen LogP contribution is 2.36. The first kappa shape index (κ1) is 14.1. The molecule has 1 aliphatic heterocycles. The molecule has 0 saturated heterocycles. The summed E-state index contributed by atoms with van der Waals surface area (Å²) < 4.78 is 31.2. The van der Waals surface area contributed by atoms with E-state index >= 15 is 0 Å². The fourth-order valence-electron chi connectivity index (χ4n) is 1.91. The molecule has 0 fully saturated rings. The third-order valence-corrected chi connectivity index (χ3v) is 4.54. The predicted molar refractivity (Wildman–Crippen MR) is 68.0 cm³/mol. The molecule has 0 aliphatic carbocycles. The molecule has 1 aliphatic rings. The van der Waals surface area contributed by atoms with Crippen LogP contribution in [0.25, 0.3) is 0 Å². The number of nitrogens with one attached hydrogen (secondary N) is 1. The van der Waals surface area contributed by atoms with Gasteiger partial charge < -0.3 is 9.84 Å². The van der Waals surface area contributed by atoms with Crippen LogP contribution in [-0.2, 0) is 21.2 Å². The summed E-state index contributed by atoms with van der Waals surface area (Å²) in [5.41, 5.74) is 0.486. The molecule has 0 saturated carbocycles. The summed E-state index contributed by atoms with van der Waals surface area (Å²) in [6.07, 6.45) is 0.192. The van der Waals surface area contributed by atoms with Gasteiger partial charge in [-0.15, -0.1) is 0 Å². The van der Waals surface area contributed by atoms with Crippen molar-refractivity contribution in [3.8, 4) is 5.75 Å². The van der Waals surface area contributed by atoms with Gasteiger partial charge in [-0.05, 0) is 31.2 Å². The zero-order valence-corrected chi connectivity index (χ0v) is 11.6. The molecule has 1 atom stereocenters. The number of aliphatic carboxylic acids is 1. The van der Waals surface area contributed by atoms with Gasteiger partial charge in [0.15, 0.2) is 0 Å². The van der Waals surface area contributed by atoms with Crippen LogP contribution < -0.4 is 9.46 Å². The van der Waals surface area contributed by atoms with Gasteiger partial charge in [0, 0.05) is 5.02 Å². The Bertz CT molecular complexity index is 628. The molecule has 2 N–H and O–H groups in total. The number of sulfonamides is 1. The number of carboxylic acid groups (broad SMARTS) is 1. The van der Waals surface area contributed by atoms with Gasteiger partial charge in [-0.2, -0.15) is 0 Å². The fourth-order valence-corrected chi connectivity index (χ4v) is 3.16. The summed E-state index contributed by atoms with van der Waals surface area (Å²) in [7, 11) is -2.42. The quantitative estimate of drug-likeness (QED) is 0.865. The van der Waals surface area contributed by atoms with Crippen molar-refractivity contribution >= 4 is 27.6 Å². The van der Waals surface area contributed by atoms with E-state index in [4.69, 9.17) is 21.4 Å². The third kappa shape index (κ3) is 2.68. The Hall–Kier alpha value is -1.31.